The molecule has 0 N–H and O–H groups in total. The summed E-state index contributed by atoms with van der Waals surface area (Å²) < 4.78 is 11.2. The van der Waals surface area contributed by atoms with E-state index < -0.39 is 0 Å². The summed E-state index contributed by atoms with van der Waals surface area (Å²) in [6.07, 6.45) is 0. The molecule has 0 saturated heterocycles. The zero-order valence-electron chi connectivity index (χ0n) is 33.7. The van der Waals surface area contributed by atoms with E-state index in [0.29, 0.717) is 17.5 Å². The van der Waals surface area contributed by atoms with E-state index in [1.54, 1.807) is 0 Å². The molecule has 0 fully saturated rings. The van der Waals surface area contributed by atoms with Crippen LogP contribution in [-0.4, -0.2) is 29.1 Å². The summed E-state index contributed by atoms with van der Waals surface area (Å²) in [6, 6.07) is 71.4. The Hall–Kier alpha value is -8.68. The van der Waals surface area contributed by atoms with E-state index in [1.165, 1.54) is 10.8 Å². The van der Waals surface area contributed by atoms with Gasteiger partial charge in [0.15, 0.2) is 17.5 Å². The lowest BCUT2D eigenvalue weighted by atomic mass is 10.1. The lowest BCUT2D eigenvalue weighted by Crippen LogP contribution is -2.01. The summed E-state index contributed by atoms with van der Waals surface area (Å²) in [6.45, 7) is 0. The van der Waals surface area contributed by atoms with Crippen molar-refractivity contribution in [1.82, 2.24) is 29.1 Å². The van der Waals surface area contributed by atoms with Crippen molar-refractivity contribution >= 4 is 65.6 Å². The minimum atomic E-state index is 0.608. The van der Waals surface area contributed by atoms with Gasteiger partial charge in [0.25, 0.3) is 0 Å². The van der Waals surface area contributed by atoms with Crippen molar-refractivity contribution in [2.45, 2.75) is 0 Å². The maximum atomic E-state index is 6.47. The van der Waals surface area contributed by atoms with Gasteiger partial charge in [0.1, 0.15) is 17.0 Å². The summed E-state index contributed by atoms with van der Waals surface area (Å²) in [5.41, 5.74) is 11.6. The highest BCUT2D eigenvalue weighted by molar-refractivity contribution is 6.26. The van der Waals surface area contributed by atoms with Gasteiger partial charge >= 0.3 is 0 Å². The van der Waals surface area contributed by atoms with E-state index in [-0.39, 0.29) is 0 Å². The molecule has 0 radical (unpaired) electrons. The number of nitrogens with zero attached hydrogens (tertiary/aromatic N) is 6. The van der Waals surface area contributed by atoms with Crippen molar-refractivity contribution < 1.29 is 4.42 Å². The number of benzene rings is 8. The second kappa shape index (κ2) is 13.9. The monoisotopic (exact) mass is 806 g/mol. The van der Waals surface area contributed by atoms with Crippen LogP contribution in [0.5, 0.6) is 0 Å². The number of fused-ring (bicyclic) bond motifs is 10. The molecule has 13 aromatic rings. The highest BCUT2D eigenvalue weighted by Gasteiger charge is 2.23. The molecule has 0 unspecified atom stereocenters. The van der Waals surface area contributed by atoms with E-state index in [0.717, 1.165) is 94.2 Å². The SMILES string of the molecule is c1ccc(-c2nc(-c3ccccc3)nc(-c3cccc(-n4c5ccccc5c5ccc6c(c7ccccc7n6-c6cccc(-c7cccc8c7oc7ccccc78)n6)c54)c3)n2)cc1. The van der Waals surface area contributed by atoms with Crippen molar-refractivity contribution in [3.05, 3.63) is 206 Å². The average Bonchev–Trinajstić information content (AvgIpc) is 4.02. The highest BCUT2D eigenvalue weighted by Crippen LogP contribution is 2.43. The van der Waals surface area contributed by atoms with Crippen molar-refractivity contribution in [1.29, 1.82) is 0 Å². The van der Waals surface area contributed by atoms with Crippen LogP contribution in [0.25, 0.3) is 122 Å². The van der Waals surface area contributed by atoms with Crippen LogP contribution in [0.2, 0.25) is 0 Å². The van der Waals surface area contributed by atoms with E-state index in [2.05, 4.69) is 143 Å². The molecule has 0 amide bonds. The zero-order valence-corrected chi connectivity index (χ0v) is 33.7. The van der Waals surface area contributed by atoms with Crippen LogP contribution in [-0.2, 0) is 0 Å². The molecule has 7 nitrogen and oxygen atoms in total. The summed E-state index contributed by atoms with van der Waals surface area (Å²) in [7, 11) is 0. The number of hydrogen-bond acceptors (Lipinski definition) is 5. The summed E-state index contributed by atoms with van der Waals surface area (Å²) in [5, 5.41) is 6.81. The third kappa shape index (κ3) is 5.53. The van der Waals surface area contributed by atoms with Crippen molar-refractivity contribution in [2.75, 3.05) is 0 Å². The van der Waals surface area contributed by atoms with Crippen LogP contribution in [0.3, 0.4) is 0 Å². The molecule has 0 bridgehead atoms. The highest BCUT2D eigenvalue weighted by atomic mass is 16.3. The Morgan fingerprint density at radius 2 is 0.952 bits per heavy atom. The van der Waals surface area contributed by atoms with Crippen LogP contribution in [0.4, 0.5) is 0 Å². The zero-order chi connectivity index (χ0) is 41.4. The fourth-order valence-corrected chi connectivity index (χ4v) is 9.39. The second-order valence-electron chi connectivity index (χ2n) is 15.8. The maximum absolute atomic E-state index is 6.47. The second-order valence-corrected chi connectivity index (χ2v) is 15.8. The normalized spacial score (nSPS) is 11.8. The Bertz CT molecular complexity index is 3860. The van der Waals surface area contributed by atoms with Crippen LogP contribution < -0.4 is 0 Å². The molecule has 0 aliphatic heterocycles. The molecule has 13 rings (SSSR count). The lowest BCUT2D eigenvalue weighted by molar-refractivity contribution is 0.670. The Labute approximate surface area is 360 Å². The minimum absolute atomic E-state index is 0.608. The Kier molecular flexibility index (Phi) is 7.77. The maximum Gasteiger partial charge on any atom is 0.164 e. The molecule has 0 atom stereocenters. The molecular formula is C56H34N6O. The third-order valence-corrected chi connectivity index (χ3v) is 12.2. The van der Waals surface area contributed by atoms with Crippen LogP contribution in [0.15, 0.2) is 211 Å². The van der Waals surface area contributed by atoms with Gasteiger partial charge in [-0.05, 0) is 54.6 Å². The summed E-state index contributed by atoms with van der Waals surface area (Å²) >= 11 is 0. The molecule has 8 aromatic carbocycles. The minimum Gasteiger partial charge on any atom is -0.455 e. The third-order valence-electron chi connectivity index (χ3n) is 12.2. The average molecular weight is 807 g/mol. The first-order valence-electron chi connectivity index (χ1n) is 21.1. The molecular weight excluding hydrogens is 773 g/mol. The predicted molar refractivity (Wildman–Crippen MR) is 255 cm³/mol. The number of para-hydroxylation sites is 4. The summed E-state index contributed by atoms with van der Waals surface area (Å²) in [4.78, 5) is 20.5. The number of rotatable bonds is 6. The van der Waals surface area contributed by atoms with Gasteiger partial charge in [0.05, 0.1) is 27.8 Å². The van der Waals surface area contributed by atoms with Gasteiger partial charge < -0.3 is 8.98 Å². The van der Waals surface area contributed by atoms with Crippen molar-refractivity contribution in [2.24, 2.45) is 0 Å². The molecule has 0 spiro atoms. The molecule has 5 heterocycles. The first-order chi connectivity index (χ1) is 31.2. The van der Waals surface area contributed by atoms with Crippen molar-refractivity contribution in [3.8, 4) is 56.9 Å². The standard InChI is InChI=1S/C56H34N6O/c1-3-16-35(17-4-1)54-58-55(36-18-5-2-6-19-36)60-56(59-54)37-20-13-21-38(34-37)61-46-28-10-7-22-39(46)41-32-33-48-51(52(41)61)44-24-8-11-29-47(44)62(48)50-31-15-27-45(57-50)43-26-14-25-42-40-23-9-12-30-49(40)63-53(42)43/h1-34H. The number of furan rings is 1. The van der Waals surface area contributed by atoms with E-state index in [1.807, 2.05) is 72.8 Å². The Balaban J connectivity index is 1.03. The first-order valence-corrected chi connectivity index (χ1v) is 21.1. The number of aromatic nitrogens is 6. The molecule has 5 aromatic heterocycles. The van der Waals surface area contributed by atoms with Crippen LogP contribution in [0.1, 0.15) is 0 Å². The predicted octanol–water partition coefficient (Wildman–Crippen LogP) is 14.0. The van der Waals surface area contributed by atoms with E-state index in [4.69, 9.17) is 24.4 Å². The fourth-order valence-electron chi connectivity index (χ4n) is 9.39. The number of pyridine rings is 1. The molecule has 0 aliphatic rings. The van der Waals surface area contributed by atoms with Gasteiger partial charge in [-0.3, -0.25) is 4.57 Å². The Morgan fingerprint density at radius 1 is 0.365 bits per heavy atom. The van der Waals surface area contributed by atoms with Gasteiger partial charge in [-0.25, -0.2) is 19.9 Å². The Morgan fingerprint density at radius 3 is 1.71 bits per heavy atom. The summed E-state index contributed by atoms with van der Waals surface area (Å²) in [5.74, 6) is 2.69. The van der Waals surface area contributed by atoms with Gasteiger partial charge in [-0.2, -0.15) is 0 Å². The fraction of sp³-hybridized carbons (Fsp3) is 0. The molecule has 0 saturated carbocycles. The molecule has 7 heteroatoms. The topological polar surface area (TPSA) is 74.6 Å². The van der Waals surface area contributed by atoms with Gasteiger partial charge in [-0.15, -0.1) is 0 Å². The molecule has 0 aliphatic carbocycles. The van der Waals surface area contributed by atoms with E-state index >= 15 is 0 Å². The lowest BCUT2D eigenvalue weighted by Gasteiger charge is -2.12. The van der Waals surface area contributed by atoms with Gasteiger partial charge in [0.2, 0.25) is 0 Å². The molecule has 294 valence electrons. The smallest absolute Gasteiger partial charge is 0.164 e. The van der Waals surface area contributed by atoms with Crippen LogP contribution >= 0.6 is 0 Å². The number of hydrogen-bond donors (Lipinski definition) is 0. The van der Waals surface area contributed by atoms with Crippen LogP contribution in [0, 0.1) is 0 Å². The van der Waals surface area contributed by atoms with Gasteiger partial charge in [0, 0.05) is 60.3 Å². The first kappa shape index (κ1) is 35.1. The van der Waals surface area contributed by atoms with E-state index in [9.17, 15) is 0 Å². The van der Waals surface area contributed by atoms with Gasteiger partial charge in [-0.1, -0.05) is 152 Å². The quantitative estimate of drug-likeness (QED) is 0.167. The largest absolute Gasteiger partial charge is 0.455 e. The van der Waals surface area contributed by atoms with Crippen molar-refractivity contribution in [3.63, 3.8) is 0 Å². The molecule has 63 heavy (non-hydrogen) atoms.